The van der Waals surface area contributed by atoms with Crippen LogP contribution in [0.5, 0.6) is 0 Å². The average Bonchev–Trinajstić information content (AvgIpc) is 3.22. The molecule has 6 nitrogen and oxygen atoms in total. The summed E-state index contributed by atoms with van der Waals surface area (Å²) >= 11 is 0. The molecule has 1 spiro atoms. The lowest BCUT2D eigenvalue weighted by atomic mass is 9.94. The second kappa shape index (κ2) is 7.84. The van der Waals surface area contributed by atoms with Gasteiger partial charge in [-0.1, -0.05) is 6.42 Å². The van der Waals surface area contributed by atoms with Gasteiger partial charge in [0.05, 0.1) is 12.9 Å². The first-order valence-electron chi connectivity index (χ1n) is 8.58. The van der Waals surface area contributed by atoms with Crippen molar-refractivity contribution >= 4 is 5.96 Å². The van der Waals surface area contributed by atoms with Crippen LogP contribution in [0.3, 0.4) is 0 Å². The van der Waals surface area contributed by atoms with Crippen molar-refractivity contribution in [1.82, 2.24) is 10.6 Å². The highest BCUT2D eigenvalue weighted by Crippen LogP contribution is 2.37. The number of aliphatic imine (C=N–C) groups is 1. The Morgan fingerprint density at radius 3 is 2.91 bits per heavy atom. The van der Waals surface area contributed by atoms with Gasteiger partial charge in [-0.05, 0) is 25.0 Å². The maximum atomic E-state index is 6.17. The Hall–Kier alpha value is -1.53. The number of guanidine groups is 1. The number of rotatable bonds is 5. The van der Waals surface area contributed by atoms with Gasteiger partial charge >= 0.3 is 0 Å². The Morgan fingerprint density at radius 1 is 1.30 bits per heavy atom. The van der Waals surface area contributed by atoms with Crippen LogP contribution in [0.15, 0.2) is 27.8 Å². The van der Waals surface area contributed by atoms with Gasteiger partial charge in [-0.15, -0.1) is 0 Å². The van der Waals surface area contributed by atoms with E-state index in [1.807, 2.05) is 12.1 Å². The zero-order chi connectivity index (χ0) is 16.0. The minimum absolute atomic E-state index is 0.0942. The summed E-state index contributed by atoms with van der Waals surface area (Å²) in [7, 11) is 1.77. The number of ether oxygens (including phenoxy) is 2. The first-order chi connectivity index (χ1) is 11.3. The second-order valence-corrected chi connectivity index (χ2v) is 6.23. The molecule has 0 aromatic carbocycles. The molecule has 2 aliphatic rings. The first kappa shape index (κ1) is 16.3. The summed E-state index contributed by atoms with van der Waals surface area (Å²) in [6.07, 6.45) is 8.38. The monoisotopic (exact) mass is 321 g/mol. The summed E-state index contributed by atoms with van der Waals surface area (Å²) in [6.45, 7) is 2.15. The van der Waals surface area contributed by atoms with Crippen LogP contribution in [-0.4, -0.2) is 44.6 Å². The van der Waals surface area contributed by atoms with E-state index in [0.29, 0.717) is 13.2 Å². The molecular formula is C17H27N3O3. The molecule has 1 aliphatic heterocycles. The number of furan rings is 1. The van der Waals surface area contributed by atoms with E-state index < -0.39 is 0 Å². The maximum absolute atomic E-state index is 6.17. The Bertz CT molecular complexity index is 495. The largest absolute Gasteiger partial charge is 0.469 e. The molecule has 0 radical (unpaired) electrons. The molecule has 3 rings (SSSR count). The van der Waals surface area contributed by atoms with E-state index in [1.54, 1.807) is 13.3 Å². The molecule has 6 heteroatoms. The van der Waals surface area contributed by atoms with Crippen molar-refractivity contribution in [3.63, 3.8) is 0 Å². The summed E-state index contributed by atoms with van der Waals surface area (Å²) in [5, 5.41) is 6.60. The molecule has 1 aromatic heterocycles. The fraction of sp³-hybridized carbons (Fsp3) is 0.706. The lowest BCUT2D eigenvalue weighted by molar-refractivity contribution is -0.186. The standard InChI is InChI=1S/C17H27N3O3/c1-18-16(19-10-7-14-6-5-11-21-14)20-12-15-13-22-17(23-15)8-3-2-4-9-17/h5-6,11,15H,2-4,7-10,12-13H2,1H3,(H2,18,19,20). The van der Waals surface area contributed by atoms with Gasteiger partial charge in [0.15, 0.2) is 11.7 Å². The molecule has 1 unspecified atom stereocenters. The molecule has 2 N–H and O–H groups in total. The molecule has 2 heterocycles. The molecule has 128 valence electrons. The number of nitrogens with one attached hydrogen (secondary N) is 2. The van der Waals surface area contributed by atoms with Gasteiger partial charge in [-0.3, -0.25) is 4.99 Å². The van der Waals surface area contributed by atoms with Crippen molar-refractivity contribution in [2.24, 2.45) is 4.99 Å². The Labute approximate surface area is 137 Å². The highest BCUT2D eigenvalue weighted by Gasteiger charge is 2.42. The Balaban J connectivity index is 1.37. The van der Waals surface area contributed by atoms with E-state index in [2.05, 4.69) is 15.6 Å². The quantitative estimate of drug-likeness (QED) is 0.642. The van der Waals surface area contributed by atoms with Crippen LogP contribution >= 0.6 is 0 Å². The highest BCUT2D eigenvalue weighted by molar-refractivity contribution is 5.79. The molecular weight excluding hydrogens is 294 g/mol. The molecule has 1 saturated carbocycles. The fourth-order valence-electron chi connectivity index (χ4n) is 3.26. The van der Waals surface area contributed by atoms with E-state index in [9.17, 15) is 0 Å². The Kier molecular flexibility index (Phi) is 5.56. The number of hydrogen-bond donors (Lipinski definition) is 2. The second-order valence-electron chi connectivity index (χ2n) is 6.23. The molecule has 1 saturated heterocycles. The van der Waals surface area contributed by atoms with E-state index >= 15 is 0 Å². The van der Waals surface area contributed by atoms with Gasteiger partial charge in [0.25, 0.3) is 0 Å². The zero-order valence-corrected chi connectivity index (χ0v) is 13.8. The van der Waals surface area contributed by atoms with E-state index in [4.69, 9.17) is 13.9 Å². The van der Waals surface area contributed by atoms with Crippen LogP contribution in [0.4, 0.5) is 0 Å². The number of hydrogen-bond acceptors (Lipinski definition) is 4. The van der Waals surface area contributed by atoms with Crippen LogP contribution in [0.25, 0.3) is 0 Å². The maximum Gasteiger partial charge on any atom is 0.191 e. The van der Waals surface area contributed by atoms with Gasteiger partial charge in [0.1, 0.15) is 11.9 Å². The van der Waals surface area contributed by atoms with Crippen molar-refractivity contribution in [1.29, 1.82) is 0 Å². The third-order valence-corrected chi connectivity index (χ3v) is 4.49. The smallest absolute Gasteiger partial charge is 0.191 e. The van der Waals surface area contributed by atoms with Crippen molar-refractivity contribution < 1.29 is 13.9 Å². The third-order valence-electron chi connectivity index (χ3n) is 4.49. The first-order valence-corrected chi connectivity index (χ1v) is 8.58. The molecule has 2 fully saturated rings. The van der Waals surface area contributed by atoms with Crippen molar-refractivity contribution in [2.75, 3.05) is 26.7 Å². The predicted octanol–water partition coefficient (Wildman–Crippen LogP) is 2.06. The lowest BCUT2D eigenvalue weighted by Crippen LogP contribution is -2.43. The van der Waals surface area contributed by atoms with Crippen LogP contribution in [0, 0.1) is 0 Å². The van der Waals surface area contributed by atoms with Crippen LogP contribution in [0.2, 0.25) is 0 Å². The number of nitrogens with zero attached hydrogens (tertiary/aromatic N) is 1. The summed E-state index contributed by atoms with van der Waals surface area (Å²) in [5.74, 6) is 1.45. The van der Waals surface area contributed by atoms with Gasteiger partial charge < -0.3 is 24.5 Å². The van der Waals surface area contributed by atoms with E-state index in [1.165, 1.54) is 19.3 Å². The highest BCUT2D eigenvalue weighted by atomic mass is 16.7. The molecule has 23 heavy (non-hydrogen) atoms. The summed E-state index contributed by atoms with van der Waals surface area (Å²) in [5.41, 5.74) is 0. The van der Waals surface area contributed by atoms with E-state index in [0.717, 1.165) is 37.5 Å². The zero-order valence-electron chi connectivity index (χ0n) is 13.8. The predicted molar refractivity (Wildman–Crippen MR) is 88.4 cm³/mol. The van der Waals surface area contributed by atoms with E-state index in [-0.39, 0.29) is 11.9 Å². The molecule has 0 bridgehead atoms. The SMILES string of the molecule is CN=C(NCCc1ccco1)NCC1COC2(CCCCC2)O1. The van der Waals surface area contributed by atoms with Crippen molar-refractivity contribution in [3.8, 4) is 0 Å². The van der Waals surface area contributed by atoms with Crippen LogP contribution < -0.4 is 10.6 Å². The molecule has 0 amide bonds. The average molecular weight is 321 g/mol. The summed E-state index contributed by atoms with van der Waals surface area (Å²) in [6, 6.07) is 3.88. The van der Waals surface area contributed by atoms with Gasteiger partial charge in [-0.2, -0.15) is 0 Å². The molecule has 1 aromatic rings. The van der Waals surface area contributed by atoms with Gasteiger partial charge in [0.2, 0.25) is 0 Å². The summed E-state index contributed by atoms with van der Waals surface area (Å²) in [4.78, 5) is 4.24. The molecule has 1 aliphatic carbocycles. The van der Waals surface area contributed by atoms with Gasteiger partial charge in [-0.25, -0.2) is 0 Å². The van der Waals surface area contributed by atoms with Gasteiger partial charge in [0, 0.05) is 39.4 Å². The fourth-order valence-corrected chi connectivity index (χ4v) is 3.26. The molecule has 1 atom stereocenters. The minimum atomic E-state index is -0.305. The minimum Gasteiger partial charge on any atom is -0.469 e. The summed E-state index contributed by atoms with van der Waals surface area (Å²) < 4.78 is 17.4. The van der Waals surface area contributed by atoms with Crippen molar-refractivity contribution in [2.45, 2.75) is 50.4 Å². The van der Waals surface area contributed by atoms with Crippen molar-refractivity contribution in [3.05, 3.63) is 24.2 Å². The lowest BCUT2D eigenvalue weighted by Gasteiger charge is -2.31. The third kappa shape index (κ3) is 4.48. The van der Waals surface area contributed by atoms with Crippen LogP contribution in [0.1, 0.15) is 37.9 Å². The Morgan fingerprint density at radius 2 is 2.17 bits per heavy atom. The normalized spacial score (nSPS) is 24.0. The van der Waals surface area contributed by atoms with Crippen LogP contribution in [-0.2, 0) is 15.9 Å². The topological polar surface area (TPSA) is 68.0 Å².